The monoisotopic (exact) mass is 148 g/mol. The van der Waals surface area contributed by atoms with Gasteiger partial charge in [-0.15, -0.1) is 0 Å². The van der Waals surface area contributed by atoms with Gasteiger partial charge in [0, 0.05) is 26.2 Å². The molecule has 0 N–H and O–H groups in total. The van der Waals surface area contributed by atoms with Crippen molar-refractivity contribution < 1.29 is 0 Å². The zero-order valence-corrected chi connectivity index (χ0v) is 6.91. The van der Waals surface area contributed by atoms with E-state index in [2.05, 4.69) is 17.1 Å². The van der Waals surface area contributed by atoms with Gasteiger partial charge in [-0.25, -0.2) is 4.99 Å². The second kappa shape index (κ2) is 2.22. The molecular formula is C9H12N2. The molecule has 1 unspecified atom stereocenters. The van der Waals surface area contributed by atoms with E-state index in [4.69, 9.17) is 0 Å². The third-order valence-corrected chi connectivity index (χ3v) is 2.08. The molecule has 0 radical (unpaired) electrons. The summed E-state index contributed by atoms with van der Waals surface area (Å²) in [7, 11) is 4.05. The van der Waals surface area contributed by atoms with Gasteiger partial charge in [0.2, 0.25) is 0 Å². The van der Waals surface area contributed by atoms with Gasteiger partial charge >= 0.3 is 0 Å². The number of hydrogen-bond donors (Lipinski definition) is 0. The van der Waals surface area contributed by atoms with Crippen molar-refractivity contribution in [1.29, 1.82) is 0 Å². The predicted octanol–water partition coefficient (Wildman–Crippen LogP) is 1.42. The van der Waals surface area contributed by atoms with E-state index < -0.39 is 0 Å². The van der Waals surface area contributed by atoms with Gasteiger partial charge < -0.3 is 4.90 Å². The van der Waals surface area contributed by atoms with Crippen molar-refractivity contribution in [2.75, 3.05) is 14.1 Å². The van der Waals surface area contributed by atoms with Gasteiger partial charge in [0.05, 0.1) is 0 Å². The van der Waals surface area contributed by atoms with Gasteiger partial charge in [-0.1, -0.05) is 6.08 Å². The van der Waals surface area contributed by atoms with Crippen LogP contribution in [0.2, 0.25) is 0 Å². The Labute approximate surface area is 66.9 Å². The summed E-state index contributed by atoms with van der Waals surface area (Å²) in [5.74, 6) is 1.73. The minimum absolute atomic E-state index is 0.643. The average molecular weight is 148 g/mol. The Bertz CT molecular complexity index is 259. The van der Waals surface area contributed by atoms with Gasteiger partial charge in [0.15, 0.2) is 0 Å². The van der Waals surface area contributed by atoms with Crippen LogP contribution in [0.5, 0.6) is 0 Å². The molecule has 0 aromatic rings. The van der Waals surface area contributed by atoms with Crippen molar-refractivity contribution >= 4 is 6.21 Å². The summed E-state index contributed by atoms with van der Waals surface area (Å²) in [4.78, 5) is 6.39. The van der Waals surface area contributed by atoms with Crippen molar-refractivity contribution in [3.05, 3.63) is 23.5 Å². The molecule has 0 aromatic carbocycles. The molecule has 0 fully saturated rings. The second-order valence-electron chi connectivity index (χ2n) is 3.29. The van der Waals surface area contributed by atoms with Crippen molar-refractivity contribution in [2.45, 2.75) is 6.42 Å². The van der Waals surface area contributed by atoms with Crippen LogP contribution in [0, 0.1) is 5.92 Å². The molecule has 3 rings (SSSR count). The number of aliphatic imine (C=N–C) groups is 1. The zero-order chi connectivity index (χ0) is 7.84. The van der Waals surface area contributed by atoms with Crippen LogP contribution in [0.4, 0.5) is 0 Å². The lowest BCUT2D eigenvalue weighted by molar-refractivity contribution is 0.500. The molecule has 0 saturated carbocycles. The first kappa shape index (κ1) is 6.65. The summed E-state index contributed by atoms with van der Waals surface area (Å²) < 4.78 is 0. The molecule has 0 saturated heterocycles. The maximum Gasteiger partial charge on any atom is 0.124 e. The van der Waals surface area contributed by atoms with Crippen LogP contribution < -0.4 is 0 Å². The first-order valence-electron chi connectivity index (χ1n) is 3.89. The van der Waals surface area contributed by atoms with Crippen LogP contribution in [-0.4, -0.2) is 25.2 Å². The number of allylic oxidation sites excluding steroid dienone is 3. The minimum atomic E-state index is 0.643. The lowest BCUT2D eigenvalue weighted by atomic mass is 9.88. The maximum absolute atomic E-state index is 4.34. The van der Waals surface area contributed by atoms with Crippen LogP contribution in [-0.2, 0) is 0 Å². The van der Waals surface area contributed by atoms with E-state index >= 15 is 0 Å². The minimum Gasteiger partial charge on any atom is -0.363 e. The van der Waals surface area contributed by atoms with Gasteiger partial charge in [0.1, 0.15) is 5.82 Å². The third kappa shape index (κ3) is 1.09. The highest BCUT2D eigenvalue weighted by Crippen LogP contribution is 2.29. The summed E-state index contributed by atoms with van der Waals surface area (Å²) >= 11 is 0. The Morgan fingerprint density at radius 3 is 2.82 bits per heavy atom. The number of rotatable bonds is 1. The van der Waals surface area contributed by atoms with Crippen LogP contribution in [0.25, 0.3) is 0 Å². The number of hydrogen-bond acceptors (Lipinski definition) is 2. The van der Waals surface area contributed by atoms with Gasteiger partial charge in [-0.05, 0) is 18.1 Å². The van der Waals surface area contributed by atoms with Gasteiger partial charge in [-0.2, -0.15) is 0 Å². The standard InChI is InChI=1S/C9H12N2/c1-11(2)9-5-7-3-8(4-7)6-10-9/h3,5-7H,4H2,1-2H3. The normalized spacial score (nSPS) is 26.5. The van der Waals surface area contributed by atoms with E-state index in [1.165, 1.54) is 12.0 Å². The summed E-state index contributed by atoms with van der Waals surface area (Å²) in [6.45, 7) is 0. The molecule has 2 bridgehead atoms. The molecule has 1 atom stereocenters. The van der Waals surface area contributed by atoms with Crippen molar-refractivity contribution in [3.8, 4) is 0 Å². The fraction of sp³-hybridized carbons (Fsp3) is 0.444. The van der Waals surface area contributed by atoms with E-state index in [9.17, 15) is 0 Å². The lowest BCUT2D eigenvalue weighted by Crippen LogP contribution is -2.10. The van der Waals surface area contributed by atoms with E-state index in [0.29, 0.717) is 5.92 Å². The van der Waals surface area contributed by atoms with Gasteiger partial charge in [-0.3, -0.25) is 0 Å². The molecule has 0 amide bonds. The van der Waals surface area contributed by atoms with Crippen molar-refractivity contribution in [3.63, 3.8) is 0 Å². The fourth-order valence-corrected chi connectivity index (χ4v) is 1.36. The highest BCUT2D eigenvalue weighted by atomic mass is 15.2. The summed E-state index contributed by atoms with van der Waals surface area (Å²) in [6.07, 6.45) is 7.63. The molecule has 2 nitrogen and oxygen atoms in total. The van der Waals surface area contributed by atoms with E-state index in [1.54, 1.807) is 0 Å². The molecular weight excluding hydrogens is 136 g/mol. The second-order valence-corrected chi connectivity index (χ2v) is 3.29. The van der Waals surface area contributed by atoms with Crippen LogP contribution in [0.1, 0.15) is 6.42 Å². The Hall–Kier alpha value is -1.05. The largest absolute Gasteiger partial charge is 0.363 e. The predicted molar refractivity (Wildman–Crippen MR) is 46.5 cm³/mol. The molecule has 2 heteroatoms. The molecule has 58 valence electrons. The Morgan fingerprint density at radius 1 is 1.45 bits per heavy atom. The molecule has 3 aliphatic rings. The maximum atomic E-state index is 4.34. The Morgan fingerprint density at radius 2 is 2.18 bits per heavy atom. The highest BCUT2D eigenvalue weighted by Gasteiger charge is 2.19. The molecule has 11 heavy (non-hydrogen) atoms. The quantitative estimate of drug-likeness (QED) is 0.549. The Balaban J connectivity index is 2.25. The van der Waals surface area contributed by atoms with Crippen LogP contribution >= 0.6 is 0 Å². The average Bonchev–Trinajstić information content (AvgIpc) is 2.13. The number of fused-ring (bicyclic) bond motifs is 1. The van der Waals surface area contributed by atoms with Crippen LogP contribution in [0.3, 0.4) is 0 Å². The molecule has 2 aliphatic heterocycles. The lowest BCUT2D eigenvalue weighted by Gasteiger charge is -2.17. The molecule has 0 spiro atoms. The zero-order valence-electron chi connectivity index (χ0n) is 6.91. The van der Waals surface area contributed by atoms with Crippen molar-refractivity contribution in [1.82, 2.24) is 4.90 Å². The van der Waals surface area contributed by atoms with Gasteiger partial charge in [0.25, 0.3) is 0 Å². The van der Waals surface area contributed by atoms with E-state index in [1.807, 2.05) is 25.2 Å². The molecule has 0 aromatic heterocycles. The highest BCUT2D eigenvalue weighted by molar-refractivity contribution is 5.82. The molecule has 2 heterocycles. The summed E-state index contributed by atoms with van der Waals surface area (Å²) in [5.41, 5.74) is 1.38. The first-order valence-corrected chi connectivity index (χ1v) is 3.89. The smallest absolute Gasteiger partial charge is 0.124 e. The van der Waals surface area contributed by atoms with E-state index in [-0.39, 0.29) is 0 Å². The topological polar surface area (TPSA) is 15.6 Å². The fourth-order valence-electron chi connectivity index (χ4n) is 1.36. The summed E-state index contributed by atoms with van der Waals surface area (Å²) in [5, 5.41) is 0. The third-order valence-electron chi connectivity index (χ3n) is 2.08. The van der Waals surface area contributed by atoms with E-state index in [0.717, 1.165) is 5.82 Å². The molecule has 1 aliphatic carbocycles. The SMILES string of the molecule is CN(C)C1=CC2C=C(C=N1)C2. The number of nitrogens with zero attached hydrogens (tertiary/aromatic N) is 2. The summed E-state index contributed by atoms with van der Waals surface area (Å²) in [6, 6.07) is 0. The first-order chi connectivity index (χ1) is 5.25. The van der Waals surface area contributed by atoms with Crippen molar-refractivity contribution in [2.24, 2.45) is 10.9 Å². The Kier molecular flexibility index (Phi) is 1.34. The van der Waals surface area contributed by atoms with Crippen LogP contribution in [0.15, 0.2) is 28.5 Å².